The SMILES string of the molecule is Cc1cc(CN)nc(OCCCc2ccccc2)n1. The van der Waals surface area contributed by atoms with Gasteiger partial charge in [0.2, 0.25) is 0 Å². The van der Waals surface area contributed by atoms with Crippen molar-refractivity contribution in [1.82, 2.24) is 9.97 Å². The molecule has 2 N–H and O–H groups in total. The molecule has 1 heterocycles. The first kappa shape index (κ1) is 13.5. The summed E-state index contributed by atoms with van der Waals surface area (Å²) in [5.41, 5.74) is 8.58. The van der Waals surface area contributed by atoms with E-state index in [4.69, 9.17) is 10.5 Å². The van der Waals surface area contributed by atoms with Crippen LogP contribution in [0.25, 0.3) is 0 Å². The van der Waals surface area contributed by atoms with Gasteiger partial charge in [-0.15, -0.1) is 0 Å². The Morgan fingerprint density at radius 2 is 1.95 bits per heavy atom. The fourth-order valence-electron chi connectivity index (χ4n) is 1.86. The quantitative estimate of drug-likeness (QED) is 0.806. The average Bonchev–Trinajstić information content (AvgIpc) is 2.44. The van der Waals surface area contributed by atoms with Crippen molar-refractivity contribution in [2.45, 2.75) is 26.3 Å². The Bertz CT molecular complexity index is 514. The van der Waals surface area contributed by atoms with Crippen LogP contribution in [-0.4, -0.2) is 16.6 Å². The molecular weight excluding hydrogens is 238 g/mol. The summed E-state index contributed by atoms with van der Waals surface area (Å²) >= 11 is 0. The second kappa shape index (κ2) is 6.85. The summed E-state index contributed by atoms with van der Waals surface area (Å²) in [5, 5.41) is 0. The molecule has 0 radical (unpaired) electrons. The number of nitrogens with two attached hydrogens (primary N) is 1. The van der Waals surface area contributed by atoms with E-state index in [-0.39, 0.29) is 0 Å². The molecule has 0 saturated carbocycles. The summed E-state index contributed by atoms with van der Waals surface area (Å²) < 4.78 is 5.57. The topological polar surface area (TPSA) is 61.0 Å². The number of hydrogen-bond acceptors (Lipinski definition) is 4. The zero-order valence-corrected chi connectivity index (χ0v) is 11.2. The van der Waals surface area contributed by atoms with Crippen molar-refractivity contribution in [3.05, 3.63) is 53.3 Å². The van der Waals surface area contributed by atoms with E-state index in [9.17, 15) is 0 Å². The molecule has 0 unspecified atom stereocenters. The molecule has 2 aromatic rings. The van der Waals surface area contributed by atoms with Crippen LogP contribution in [-0.2, 0) is 13.0 Å². The predicted molar refractivity (Wildman–Crippen MR) is 74.9 cm³/mol. The number of rotatable bonds is 6. The van der Waals surface area contributed by atoms with E-state index >= 15 is 0 Å². The largest absolute Gasteiger partial charge is 0.463 e. The van der Waals surface area contributed by atoms with E-state index in [1.165, 1.54) is 5.56 Å². The highest BCUT2D eigenvalue weighted by molar-refractivity contribution is 5.15. The first-order valence-corrected chi connectivity index (χ1v) is 6.49. The lowest BCUT2D eigenvalue weighted by atomic mass is 10.1. The van der Waals surface area contributed by atoms with Gasteiger partial charge < -0.3 is 10.5 Å². The summed E-state index contributed by atoms with van der Waals surface area (Å²) in [4.78, 5) is 8.48. The normalized spacial score (nSPS) is 10.4. The molecule has 1 aromatic heterocycles. The maximum Gasteiger partial charge on any atom is 0.316 e. The molecule has 0 aliphatic heterocycles. The molecule has 0 saturated heterocycles. The minimum absolute atomic E-state index is 0.406. The molecule has 0 aliphatic rings. The van der Waals surface area contributed by atoms with Crippen LogP contribution in [0.4, 0.5) is 0 Å². The minimum atomic E-state index is 0.406. The number of aryl methyl sites for hydroxylation is 2. The second-order valence-corrected chi connectivity index (χ2v) is 4.42. The molecule has 4 heteroatoms. The van der Waals surface area contributed by atoms with E-state index in [1.807, 2.05) is 31.2 Å². The molecule has 0 amide bonds. The number of aromatic nitrogens is 2. The minimum Gasteiger partial charge on any atom is -0.463 e. The van der Waals surface area contributed by atoms with Crippen molar-refractivity contribution in [2.24, 2.45) is 5.73 Å². The predicted octanol–water partition coefficient (Wildman–Crippen LogP) is 2.26. The van der Waals surface area contributed by atoms with E-state index in [0.717, 1.165) is 24.2 Å². The van der Waals surface area contributed by atoms with E-state index in [2.05, 4.69) is 22.1 Å². The van der Waals surface area contributed by atoms with Gasteiger partial charge in [-0.1, -0.05) is 30.3 Å². The lowest BCUT2D eigenvalue weighted by Gasteiger charge is -2.06. The molecule has 19 heavy (non-hydrogen) atoms. The van der Waals surface area contributed by atoms with Gasteiger partial charge in [0.25, 0.3) is 0 Å². The molecule has 100 valence electrons. The molecule has 0 aliphatic carbocycles. The summed E-state index contributed by atoms with van der Waals surface area (Å²) in [6.45, 7) is 2.93. The zero-order chi connectivity index (χ0) is 13.5. The number of benzene rings is 1. The molecule has 0 bridgehead atoms. The molecule has 0 fully saturated rings. The molecule has 4 nitrogen and oxygen atoms in total. The first-order chi connectivity index (χ1) is 9.28. The monoisotopic (exact) mass is 257 g/mol. The molecule has 0 spiro atoms. The highest BCUT2D eigenvalue weighted by Crippen LogP contribution is 2.08. The fourth-order valence-corrected chi connectivity index (χ4v) is 1.86. The van der Waals surface area contributed by atoms with Crippen LogP contribution in [0.5, 0.6) is 6.01 Å². The Labute approximate surface area is 113 Å². The Kier molecular flexibility index (Phi) is 4.86. The van der Waals surface area contributed by atoms with Gasteiger partial charge in [0.1, 0.15) is 0 Å². The number of ether oxygens (including phenoxy) is 1. The highest BCUT2D eigenvalue weighted by atomic mass is 16.5. The van der Waals surface area contributed by atoms with Gasteiger partial charge in [-0.25, -0.2) is 4.98 Å². The molecule has 2 rings (SSSR count). The Hall–Kier alpha value is -1.94. The van der Waals surface area contributed by atoms with Crippen molar-refractivity contribution in [3.63, 3.8) is 0 Å². The smallest absolute Gasteiger partial charge is 0.316 e. The first-order valence-electron chi connectivity index (χ1n) is 6.49. The van der Waals surface area contributed by atoms with Crippen LogP contribution in [0.1, 0.15) is 23.4 Å². The van der Waals surface area contributed by atoms with Gasteiger partial charge in [0, 0.05) is 12.2 Å². The lowest BCUT2D eigenvalue weighted by Crippen LogP contribution is -2.07. The van der Waals surface area contributed by atoms with Crippen LogP contribution in [0.15, 0.2) is 36.4 Å². The van der Waals surface area contributed by atoms with Gasteiger partial charge in [-0.3, -0.25) is 0 Å². The third kappa shape index (κ3) is 4.34. The van der Waals surface area contributed by atoms with Crippen molar-refractivity contribution in [2.75, 3.05) is 6.61 Å². The Morgan fingerprint density at radius 1 is 1.16 bits per heavy atom. The summed E-state index contributed by atoms with van der Waals surface area (Å²) in [6.07, 6.45) is 1.94. The van der Waals surface area contributed by atoms with E-state index < -0.39 is 0 Å². The molecule has 1 aromatic carbocycles. The van der Waals surface area contributed by atoms with Crippen LogP contribution in [0.3, 0.4) is 0 Å². The molecular formula is C15H19N3O. The lowest BCUT2D eigenvalue weighted by molar-refractivity contribution is 0.285. The molecule has 0 atom stereocenters. The maximum absolute atomic E-state index is 5.57. The number of hydrogen-bond donors (Lipinski definition) is 1. The van der Waals surface area contributed by atoms with Crippen LogP contribution >= 0.6 is 0 Å². The number of nitrogens with zero attached hydrogens (tertiary/aromatic N) is 2. The van der Waals surface area contributed by atoms with Gasteiger partial charge in [0.15, 0.2) is 0 Å². The van der Waals surface area contributed by atoms with Gasteiger partial charge >= 0.3 is 6.01 Å². The third-order valence-electron chi connectivity index (χ3n) is 2.78. The highest BCUT2D eigenvalue weighted by Gasteiger charge is 2.02. The fraction of sp³-hybridized carbons (Fsp3) is 0.333. The second-order valence-electron chi connectivity index (χ2n) is 4.42. The van der Waals surface area contributed by atoms with Crippen LogP contribution < -0.4 is 10.5 Å². The van der Waals surface area contributed by atoms with Crippen molar-refractivity contribution >= 4 is 0 Å². The van der Waals surface area contributed by atoms with E-state index in [0.29, 0.717) is 19.2 Å². The third-order valence-corrected chi connectivity index (χ3v) is 2.78. The van der Waals surface area contributed by atoms with Gasteiger partial charge in [-0.2, -0.15) is 4.98 Å². The summed E-state index contributed by atoms with van der Waals surface area (Å²) in [5.74, 6) is 0. The average molecular weight is 257 g/mol. The van der Waals surface area contributed by atoms with Gasteiger partial charge in [-0.05, 0) is 31.4 Å². The van der Waals surface area contributed by atoms with Gasteiger partial charge in [0.05, 0.1) is 12.3 Å². The van der Waals surface area contributed by atoms with Crippen LogP contribution in [0, 0.1) is 6.92 Å². The summed E-state index contributed by atoms with van der Waals surface area (Å²) in [7, 11) is 0. The van der Waals surface area contributed by atoms with Crippen LogP contribution in [0.2, 0.25) is 0 Å². The standard InChI is InChI=1S/C15H19N3O/c1-12-10-14(11-16)18-15(17-12)19-9-5-8-13-6-3-2-4-7-13/h2-4,6-7,10H,5,8-9,11,16H2,1H3. The van der Waals surface area contributed by atoms with Crippen molar-refractivity contribution in [1.29, 1.82) is 0 Å². The Balaban J connectivity index is 1.81. The van der Waals surface area contributed by atoms with Crippen molar-refractivity contribution < 1.29 is 4.74 Å². The summed E-state index contributed by atoms with van der Waals surface area (Å²) in [6, 6.07) is 12.7. The zero-order valence-electron chi connectivity index (χ0n) is 11.2. The Morgan fingerprint density at radius 3 is 2.68 bits per heavy atom. The maximum atomic E-state index is 5.57. The van der Waals surface area contributed by atoms with E-state index in [1.54, 1.807) is 0 Å². The van der Waals surface area contributed by atoms with Crippen molar-refractivity contribution in [3.8, 4) is 6.01 Å².